The monoisotopic (exact) mass is 595 g/mol. The second-order valence-corrected chi connectivity index (χ2v) is 11.8. The number of anilines is 1. The van der Waals surface area contributed by atoms with Crippen molar-refractivity contribution in [3.8, 4) is 0 Å². The number of hydrazine groups is 1. The van der Waals surface area contributed by atoms with Crippen molar-refractivity contribution in [2.24, 2.45) is 0 Å². The average molecular weight is 596 g/mol. The maximum atomic E-state index is 12.6. The van der Waals surface area contributed by atoms with Crippen LogP contribution in [0.1, 0.15) is 39.5 Å². The van der Waals surface area contributed by atoms with Crippen molar-refractivity contribution in [1.82, 2.24) is 30.8 Å². The van der Waals surface area contributed by atoms with Gasteiger partial charge in [0.15, 0.2) is 10.9 Å². The van der Waals surface area contributed by atoms with E-state index in [9.17, 15) is 4.79 Å². The second kappa shape index (κ2) is 13.6. The number of thioether (sulfide) groups is 1. The number of piperazine rings is 1. The number of aromatic nitrogens is 1. The number of benzene rings is 2. The van der Waals surface area contributed by atoms with E-state index in [-0.39, 0.29) is 11.9 Å². The lowest BCUT2D eigenvalue weighted by Crippen LogP contribution is -2.45. The molecule has 1 unspecified atom stereocenters. The summed E-state index contributed by atoms with van der Waals surface area (Å²) in [4.78, 5) is 23.0. The van der Waals surface area contributed by atoms with Crippen LogP contribution in [0.5, 0.6) is 0 Å². The Morgan fingerprint density at radius 2 is 1.85 bits per heavy atom. The second-order valence-electron chi connectivity index (χ2n) is 9.99. The fourth-order valence-electron chi connectivity index (χ4n) is 4.89. The van der Waals surface area contributed by atoms with Crippen LogP contribution in [0.4, 0.5) is 5.82 Å². The number of halogens is 1. The minimum Gasteiger partial charge on any atom is -0.352 e. The first-order chi connectivity index (χ1) is 19.5. The molecule has 0 aliphatic carbocycles. The zero-order valence-corrected chi connectivity index (χ0v) is 24.8. The van der Waals surface area contributed by atoms with Gasteiger partial charge in [-0.2, -0.15) is 0 Å². The molecule has 3 aromatic rings. The predicted molar refractivity (Wildman–Crippen MR) is 167 cm³/mol. The zero-order valence-electron chi connectivity index (χ0n) is 22.5. The molecule has 40 heavy (non-hydrogen) atoms. The molecule has 5 rings (SSSR count). The Hall–Kier alpha value is -2.89. The highest BCUT2D eigenvalue weighted by Gasteiger charge is 2.24. The van der Waals surface area contributed by atoms with Crippen molar-refractivity contribution in [2.75, 3.05) is 51.7 Å². The van der Waals surface area contributed by atoms with Gasteiger partial charge in [-0.1, -0.05) is 54.1 Å². The smallest absolute Gasteiger partial charge is 0.252 e. The van der Waals surface area contributed by atoms with Crippen LogP contribution in [0.3, 0.4) is 0 Å². The number of thiocarbonyl (C=S) groups is 1. The first-order valence-electron chi connectivity index (χ1n) is 13.4. The molecule has 0 spiro atoms. The van der Waals surface area contributed by atoms with Gasteiger partial charge in [-0.15, -0.1) is 11.8 Å². The molecule has 8 nitrogen and oxygen atoms in total. The van der Waals surface area contributed by atoms with E-state index in [0.29, 0.717) is 28.1 Å². The van der Waals surface area contributed by atoms with E-state index in [1.54, 1.807) is 6.07 Å². The van der Waals surface area contributed by atoms with E-state index in [1.807, 2.05) is 17.8 Å². The van der Waals surface area contributed by atoms with E-state index >= 15 is 0 Å². The van der Waals surface area contributed by atoms with Gasteiger partial charge in [0, 0.05) is 49.6 Å². The third-order valence-corrected chi connectivity index (χ3v) is 8.83. The third-order valence-electron chi connectivity index (χ3n) is 7.19. The number of pyridine rings is 1. The Morgan fingerprint density at radius 3 is 2.65 bits per heavy atom. The van der Waals surface area contributed by atoms with Gasteiger partial charge in [0.05, 0.1) is 16.6 Å². The Labute approximate surface area is 250 Å². The molecule has 2 aromatic carbocycles. The van der Waals surface area contributed by atoms with Gasteiger partial charge in [0.25, 0.3) is 5.91 Å². The Kier molecular flexibility index (Phi) is 9.77. The summed E-state index contributed by atoms with van der Waals surface area (Å²) < 4.78 is 0. The van der Waals surface area contributed by atoms with Crippen molar-refractivity contribution in [3.63, 3.8) is 0 Å². The Balaban J connectivity index is 1.13. The largest absolute Gasteiger partial charge is 0.352 e. The van der Waals surface area contributed by atoms with Gasteiger partial charge >= 0.3 is 0 Å². The first-order valence-corrected chi connectivity index (χ1v) is 15.2. The number of amides is 1. The van der Waals surface area contributed by atoms with Gasteiger partial charge in [-0.25, -0.2) is 4.98 Å². The SMILES string of the molecule is CN1CCN(CCCNC(=O)c2cnc(NNC(=S)NC3c4ccccc4CSc4ccccc43)c(Cl)c2)CC1. The molecule has 2 aliphatic rings. The molecule has 1 saturated heterocycles. The summed E-state index contributed by atoms with van der Waals surface area (Å²) in [7, 11) is 2.15. The molecule has 3 heterocycles. The van der Waals surface area contributed by atoms with Crippen molar-refractivity contribution in [3.05, 3.63) is 88.1 Å². The van der Waals surface area contributed by atoms with Gasteiger partial charge in [0.1, 0.15) is 0 Å². The number of hydrogen-bond acceptors (Lipinski definition) is 7. The van der Waals surface area contributed by atoms with Crippen LogP contribution in [-0.4, -0.2) is 72.1 Å². The molecule has 0 bridgehead atoms. The van der Waals surface area contributed by atoms with Crippen LogP contribution in [-0.2, 0) is 5.75 Å². The summed E-state index contributed by atoms with van der Waals surface area (Å²) in [5.41, 5.74) is 10.0. The molecule has 1 atom stereocenters. The standard InChI is InChI=1S/C29H34ClN7OS2/c1-36-13-15-37(16-14-36)12-6-11-31-28(38)21-17-24(30)27(32-18-21)34-35-29(39)33-26-22-8-3-2-7-20(22)19-40-25-10-5-4-9-23(25)26/h2-5,7-10,17-18,26H,6,11-16,19H2,1H3,(H,31,38)(H,32,34)(H2,33,35,39). The fraction of sp³-hybridized carbons (Fsp3) is 0.345. The zero-order chi connectivity index (χ0) is 27.9. The summed E-state index contributed by atoms with van der Waals surface area (Å²) in [6, 6.07) is 18.3. The molecule has 0 radical (unpaired) electrons. The summed E-state index contributed by atoms with van der Waals surface area (Å²) in [5, 5.41) is 7.14. The molecule has 2 aliphatic heterocycles. The molecule has 4 N–H and O–H groups in total. The van der Waals surface area contributed by atoms with E-state index in [0.717, 1.165) is 44.9 Å². The van der Waals surface area contributed by atoms with E-state index in [4.69, 9.17) is 23.8 Å². The lowest BCUT2D eigenvalue weighted by atomic mass is 9.95. The lowest BCUT2D eigenvalue weighted by Gasteiger charge is -2.32. The highest BCUT2D eigenvalue weighted by atomic mass is 35.5. The quantitative estimate of drug-likeness (QED) is 0.173. The number of likely N-dealkylation sites (N-methyl/N-ethyl adjacent to an activating group) is 1. The number of hydrogen-bond donors (Lipinski definition) is 4. The number of nitrogens with zero attached hydrogens (tertiary/aromatic N) is 3. The summed E-state index contributed by atoms with van der Waals surface area (Å²) in [5.74, 6) is 1.10. The maximum absolute atomic E-state index is 12.6. The van der Waals surface area contributed by atoms with Crippen LogP contribution < -0.4 is 21.5 Å². The molecule has 1 amide bonds. The van der Waals surface area contributed by atoms with Crippen molar-refractivity contribution >= 4 is 52.4 Å². The molecule has 11 heteroatoms. The van der Waals surface area contributed by atoms with Crippen molar-refractivity contribution in [1.29, 1.82) is 0 Å². The van der Waals surface area contributed by atoms with E-state index in [2.05, 4.69) is 85.8 Å². The van der Waals surface area contributed by atoms with Gasteiger partial charge in [-0.05, 0) is 61.1 Å². The Bertz CT molecular complexity index is 1300. The molecule has 1 aromatic heterocycles. The lowest BCUT2D eigenvalue weighted by molar-refractivity contribution is 0.0949. The van der Waals surface area contributed by atoms with Crippen LogP contribution in [0.15, 0.2) is 65.7 Å². The minimum absolute atomic E-state index is 0.102. The summed E-state index contributed by atoms with van der Waals surface area (Å²) in [6.07, 6.45) is 2.41. The van der Waals surface area contributed by atoms with Gasteiger partial charge in [-0.3, -0.25) is 15.6 Å². The number of carbonyl (C=O) groups excluding carboxylic acids is 1. The molecular formula is C29H34ClN7OS2. The fourth-order valence-corrected chi connectivity index (χ4v) is 6.38. The number of carbonyl (C=O) groups is 1. The summed E-state index contributed by atoms with van der Waals surface area (Å²) >= 11 is 13.9. The maximum Gasteiger partial charge on any atom is 0.252 e. The average Bonchev–Trinajstić information content (AvgIpc) is 3.12. The normalized spacial score (nSPS) is 17.2. The Morgan fingerprint density at radius 1 is 1.10 bits per heavy atom. The molecular weight excluding hydrogens is 562 g/mol. The predicted octanol–water partition coefficient (Wildman–Crippen LogP) is 4.29. The van der Waals surface area contributed by atoms with Crippen molar-refractivity contribution < 1.29 is 4.79 Å². The van der Waals surface area contributed by atoms with Crippen molar-refractivity contribution in [2.45, 2.75) is 23.1 Å². The summed E-state index contributed by atoms with van der Waals surface area (Å²) in [6.45, 7) is 5.92. The van der Waals surface area contributed by atoms with E-state index in [1.165, 1.54) is 27.8 Å². The first kappa shape index (κ1) is 28.6. The number of rotatable bonds is 8. The highest BCUT2D eigenvalue weighted by Crippen LogP contribution is 2.39. The third kappa shape index (κ3) is 7.24. The van der Waals surface area contributed by atoms with Crippen LogP contribution in [0, 0.1) is 0 Å². The number of nitrogens with one attached hydrogen (secondary N) is 4. The van der Waals surface area contributed by atoms with Crippen LogP contribution in [0.25, 0.3) is 0 Å². The minimum atomic E-state index is -0.187. The van der Waals surface area contributed by atoms with Crippen LogP contribution >= 0.6 is 35.6 Å². The topological polar surface area (TPSA) is 84.6 Å². The number of fused-ring (bicyclic) bond motifs is 2. The molecule has 1 fully saturated rings. The van der Waals surface area contributed by atoms with E-state index < -0.39 is 0 Å². The highest BCUT2D eigenvalue weighted by molar-refractivity contribution is 7.98. The van der Waals surface area contributed by atoms with Gasteiger partial charge in [0.2, 0.25) is 0 Å². The molecule has 210 valence electrons. The molecule has 0 saturated carbocycles. The van der Waals surface area contributed by atoms with Crippen LogP contribution in [0.2, 0.25) is 5.02 Å². The van der Waals surface area contributed by atoms with Gasteiger partial charge < -0.3 is 20.4 Å².